The van der Waals surface area contributed by atoms with E-state index < -0.39 is 23.5 Å². The lowest BCUT2D eigenvalue weighted by Gasteiger charge is -2.29. The molecule has 1 amide bonds. The van der Waals surface area contributed by atoms with Gasteiger partial charge in [0.1, 0.15) is 11.5 Å². The maximum atomic E-state index is 14.3. The van der Waals surface area contributed by atoms with Gasteiger partial charge < -0.3 is 24.4 Å². The Labute approximate surface area is 237 Å². The summed E-state index contributed by atoms with van der Waals surface area (Å²) in [6, 6.07) is 12.2. The molecule has 4 aromatic rings. The summed E-state index contributed by atoms with van der Waals surface area (Å²) in [6.07, 6.45) is 0.683. The van der Waals surface area contributed by atoms with Crippen molar-refractivity contribution < 1.29 is 24.2 Å². The average molecular weight is 563 g/mol. The number of hydrogen-bond acceptors (Lipinski definition) is 8. The Hall–Kier alpha value is -3.89. The number of para-hydroxylation sites is 2. The number of ether oxygens (including phenoxy) is 2. The third-order valence-electron chi connectivity index (χ3n) is 7.64. The summed E-state index contributed by atoms with van der Waals surface area (Å²) in [5.41, 5.74) is 3.07. The van der Waals surface area contributed by atoms with Crippen LogP contribution in [-0.4, -0.2) is 76.4 Å². The number of amides is 1. The van der Waals surface area contributed by atoms with Crippen LogP contribution in [0.15, 0.2) is 53.8 Å². The van der Waals surface area contributed by atoms with Gasteiger partial charge in [-0.25, -0.2) is 4.98 Å². The molecule has 0 radical (unpaired) electrons. The fourth-order valence-corrected chi connectivity index (χ4v) is 6.59. The molecule has 210 valence electrons. The predicted molar refractivity (Wildman–Crippen MR) is 156 cm³/mol. The van der Waals surface area contributed by atoms with Crippen molar-refractivity contribution in [3.8, 4) is 11.5 Å². The second-order valence-corrected chi connectivity index (χ2v) is 10.7. The molecule has 40 heavy (non-hydrogen) atoms. The molecule has 0 spiro atoms. The highest BCUT2D eigenvalue weighted by molar-refractivity contribution is 7.19. The number of aliphatic hydroxyl groups is 1. The second kappa shape index (κ2) is 11.3. The molecule has 0 bridgehead atoms. The van der Waals surface area contributed by atoms with E-state index >= 15 is 0 Å². The second-order valence-electron chi connectivity index (χ2n) is 9.72. The van der Waals surface area contributed by atoms with Gasteiger partial charge in [-0.2, -0.15) is 0 Å². The van der Waals surface area contributed by atoms with Crippen molar-refractivity contribution in [2.75, 3.05) is 40.4 Å². The summed E-state index contributed by atoms with van der Waals surface area (Å²) in [5, 5.41) is 11.2. The molecule has 0 fully saturated rings. The van der Waals surface area contributed by atoms with Gasteiger partial charge in [-0.1, -0.05) is 37.3 Å². The van der Waals surface area contributed by atoms with Gasteiger partial charge in [-0.15, -0.1) is 0 Å². The lowest BCUT2D eigenvalue weighted by Crippen LogP contribution is -2.34. The Balaban J connectivity index is 1.61. The largest absolute Gasteiger partial charge is 0.503 e. The van der Waals surface area contributed by atoms with Gasteiger partial charge in [-0.05, 0) is 63.3 Å². The lowest BCUT2D eigenvalue weighted by molar-refractivity contribution is -0.129. The van der Waals surface area contributed by atoms with Gasteiger partial charge in [0.25, 0.3) is 5.91 Å². The Kier molecular flexibility index (Phi) is 7.82. The molecule has 2 aromatic heterocycles. The number of thiazole rings is 1. The summed E-state index contributed by atoms with van der Waals surface area (Å²) < 4.78 is 13.1. The number of rotatable bonds is 11. The lowest BCUT2D eigenvalue weighted by atomic mass is 9.94. The summed E-state index contributed by atoms with van der Waals surface area (Å²) in [4.78, 5) is 37.5. The molecule has 10 heteroatoms. The van der Waals surface area contributed by atoms with Crippen molar-refractivity contribution in [1.29, 1.82) is 0 Å². The van der Waals surface area contributed by atoms with Crippen molar-refractivity contribution in [3.05, 3.63) is 69.9 Å². The van der Waals surface area contributed by atoms with E-state index in [-0.39, 0.29) is 5.57 Å². The number of nitrogens with zero attached hydrogens (tertiary/aromatic N) is 4. The maximum absolute atomic E-state index is 14.3. The number of aliphatic hydroxyl groups excluding tert-OH is 1. The number of carbonyl (C=O) groups is 2. The summed E-state index contributed by atoms with van der Waals surface area (Å²) in [5.74, 6) is -0.443. The smallest absolute Gasteiger partial charge is 0.290 e. The summed E-state index contributed by atoms with van der Waals surface area (Å²) >= 11 is 1.26. The standard InChI is InChI=1S/C30H34N4O5S/c1-6-32(7-2)15-10-16-33-25(20-17-19(38-4)13-14-23(20)39-5)24(27(36)29(33)37)26(35)28-18(3)34-22-12-9-8-11-21(22)31-30(34)40-28/h8-9,11-14,17,25,36H,6-7,10,15-16H2,1-5H3. The summed E-state index contributed by atoms with van der Waals surface area (Å²) in [7, 11) is 3.10. The van der Waals surface area contributed by atoms with Crippen LogP contribution in [0.5, 0.6) is 11.5 Å². The van der Waals surface area contributed by atoms with Crippen LogP contribution >= 0.6 is 11.3 Å². The van der Waals surface area contributed by atoms with Gasteiger partial charge in [-0.3, -0.25) is 14.0 Å². The first kappa shape index (κ1) is 27.7. The van der Waals surface area contributed by atoms with Crippen LogP contribution in [0, 0.1) is 6.92 Å². The minimum atomic E-state index is -0.840. The van der Waals surface area contributed by atoms with E-state index in [2.05, 4.69) is 23.7 Å². The maximum Gasteiger partial charge on any atom is 0.290 e. The number of hydrogen-bond donors (Lipinski definition) is 1. The van der Waals surface area contributed by atoms with E-state index in [0.717, 1.165) is 30.7 Å². The van der Waals surface area contributed by atoms with Crippen LogP contribution in [0.1, 0.15) is 47.2 Å². The zero-order chi connectivity index (χ0) is 28.6. The van der Waals surface area contributed by atoms with Gasteiger partial charge in [0.2, 0.25) is 5.78 Å². The number of fused-ring (bicyclic) bond motifs is 3. The Morgan fingerprint density at radius 1 is 1.12 bits per heavy atom. The quantitative estimate of drug-likeness (QED) is 0.252. The predicted octanol–water partition coefficient (Wildman–Crippen LogP) is 5.18. The average Bonchev–Trinajstić information content (AvgIpc) is 3.59. The minimum absolute atomic E-state index is 0.0382. The number of carbonyl (C=O) groups excluding carboxylic acids is 2. The highest BCUT2D eigenvalue weighted by Crippen LogP contribution is 2.44. The molecule has 0 saturated carbocycles. The highest BCUT2D eigenvalue weighted by atomic mass is 32.1. The molecular formula is C30H34N4O5S. The van der Waals surface area contributed by atoms with Crippen molar-refractivity contribution in [2.24, 2.45) is 0 Å². The van der Waals surface area contributed by atoms with E-state index in [1.165, 1.54) is 11.3 Å². The van der Waals surface area contributed by atoms with Gasteiger partial charge in [0.15, 0.2) is 10.7 Å². The van der Waals surface area contributed by atoms with Crippen molar-refractivity contribution >= 4 is 39.0 Å². The van der Waals surface area contributed by atoms with E-state index in [4.69, 9.17) is 9.47 Å². The molecule has 2 aromatic carbocycles. The summed E-state index contributed by atoms with van der Waals surface area (Å²) in [6.45, 7) is 9.01. The number of benzene rings is 2. The molecule has 1 aliphatic rings. The molecule has 1 atom stereocenters. The van der Waals surface area contributed by atoms with Crippen LogP contribution in [-0.2, 0) is 4.79 Å². The Morgan fingerprint density at radius 2 is 1.88 bits per heavy atom. The zero-order valence-corrected chi connectivity index (χ0v) is 24.2. The van der Waals surface area contributed by atoms with Gasteiger partial charge in [0.05, 0.1) is 41.7 Å². The van der Waals surface area contributed by atoms with Crippen LogP contribution in [0.2, 0.25) is 0 Å². The van der Waals surface area contributed by atoms with Crippen LogP contribution in [0.25, 0.3) is 16.0 Å². The van der Waals surface area contributed by atoms with Crippen LogP contribution in [0.3, 0.4) is 0 Å². The number of aromatic nitrogens is 2. The van der Waals surface area contributed by atoms with Gasteiger partial charge in [0, 0.05) is 17.8 Å². The van der Waals surface area contributed by atoms with E-state index in [1.54, 1.807) is 37.3 Å². The topological polar surface area (TPSA) is 96.6 Å². The SMILES string of the molecule is CCN(CC)CCCN1C(=O)C(O)=C(C(=O)c2sc3nc4ccccc4n3c2C)C1c1cc(OC)ccc1OC. The van der Waals surface area contributed by atoms with Gasteiger partial charge >= 0.3 is 0 Å². The molecular weight excluding hydrogens is 528 g/mol. The first-order chi connectivity index (χ1) is 19.3. The zero-order valence-electron chi connectivity index (χ0n) is 23.4. The number of Topliss-reactive ketones (excluding diaryl/α,β-unsaturated/α-hetero) is 1. The number of ketones is 1. The molecule has 3 heterocycles. The Morgan fingerprint density at radius 3 is 2.58 bits per heavy atom. The fourth-order valence-electron chi connectivity index (χ4n) is 5.49. The van der Waals surface area contributed by atoms with Crippen molar-refractivity contribution in [2.45, 2.75) is 33.2 Å². The molecule has 1 unspecified atom stereocenters. The van der Waals surface area contributed by atoms with E-state index in [1.807, 2.05) is 35.6 Å². The molecule has 0 aliphatic carbocycles. The first-order valence-electron chi connectivity index (χ1n) is 13.4. The van der Waals surface area contributed by atoms with Crippen molar-refractivity contribution in [1.82, 2.24) is 19.2 Å². The Bertz CT molecular complexity index is 1620. The molecule has 5 rings (SSSR count). The number of imidazole rings is 1. The third-order valence-corrected chi connectivity index (χ3v) is 8.78. The third kappa shape index (κ3) is 4.61. The highest BCUT2D eigenvalue weighted by Gasteiger charge is 2.45. The number of aryl methyl sites for hydroxylation is 1. The molecule has 0 saturated heterocycles. The van der Waals surface area contributed by atoms with E-state index in [0.29, 0.717) is 45.6 Å². The number of methoxy groups -OCH3 is 2. The molecule has 1 N–H and O–H groups in total. The fraction of sp³-hybridized carbons (Fsp3) is 0.367. The van der Waals surface area contributed by atoms with E-state index in [9.17, 15) is 14.7 Å². The van der Waals surface area contributed by atoms with Crippen LogP contribution in [0.4, 0.5) is 0 Å². The molecule has 9 nitrogen and oxygen atoms in total. The normalized spacial score (nSPS) is 15.7. The van der Waals surface area contributed by atoms with Crippen LogP contribution < -0.4 is 9.47 Å². The first-order valence-corrected chi connectivity index (χ1v) is 14.3. The molecule has 1 aliphatic heterocycles. The minimum Gasteiger partial charge on any atom is -0.503 e. The van der Waals surface area contributed by atoms with Crippen molar-refractivity contribution in [3.63, 3.8) is 0 Å². The monoisotopic (exact) mass is 562 g/mol.